The van der Waals surface area contributed by atoms with Gasteiger partial charge in [0.25, 0.3) is 5.91 Å². The van der Waals surface area contributed by atoms with Gasteiger partial charge in [0.05, 0.1) is 0 Å². The normalized spacial score (nSPS) is 14.2. The molecule has 120 valence electrons. The van der Waals surface area contributed by atoms with Crippen molar-refractivity contribution in [1.82, 2.24) is 10.2 Å². The molecule has 0 radical (unpaired) electrons. The lowest BCUT2D eigenvalue weighted by Gasteiger charge is -2.15. The third-order valence-corrected chi connectivity index (χ3v) is 3.81. The maximum Gasteiger partial charge on any atom is 0.257 e. The zero-order valence-corrected chi connectivity index (χ0v) is 13.1. The zero-order valence-electron chi connectivity index (χ0n) is 13.1. The summed E-state index contributed by atoms with van der Waals surface area (Å²) in [5.74, 6) is 0.868. The lowest BCUT2D eigenvalue weighted by Crippen LogP contribution is -2.33. The van der Waals surface area contributed by atoms with E-state index in [0.29, 0.717) is 13.0 Å². The second kappa shape index (κ2) is 8.41. The summed E-state index contributed by atoms with van der Waals surface area (Å²) in [7, 11) is 0. The average Bonchev–Trinajstić information content (AvgIpc) is 2.95. The van der Waals surface area contributed by atoms with E-state index in [4.69, 9.17) is 4.74 Å². The number of aryl methyl sites for hydroxylation is 1. The van der Waals surface area contributed by atoms with Gasteiger partial charge in [0, 0.05) is 26.1 Å². The van der Waals surface area contributed by atoms with E-state index in [0.717, 1.165) is 43.7 Å². The quantitative estimate of drug-likeness (QED) is 0.745. The first-order valence-electron chi connectivity index (χ1n) is 7.96. The Morgan fingerprint density at radius 1 is 1.36 bits per heavy atom. The number of nitrogens with zero attached hydrogens (tertiary/aromatic N) is 1. The smallest absolute Gasteiger partial charge is 0.257 e. The molecule has 0 bridgehead atoms. The Bertz CT molecular complexity index is 516. The first-order chi connectivity index (χ1) is 10.7. The van der Waals surface area contributed by atoms with Crippen LogP contribution in [-0.2, 0) is 16.0 Å². The van der Waals surface area contributed by atoms with Gasteiger partial charge in [-0.1, -0.05) is 25.1 Å². The maximum absolute atomic E-state index is 11.8. The average molecular weight is 304 g/mol. The fraction of sp³-hybridized carbons (Fsp3) is 0.529. The minimum atomic E-state index is -0.126. The van der Waals surface area contributed by atoms with Crippen LogP contribution in [0.3, 0.4) is 0 Å². The van der Waals surface area contributed by atoms with E-state index < -0.39 is 0 Å². The second-order valence-electron chi connectivity index (χ2n) is 5.44. The van der Waals surface area contributed by atoms with Crippen molar-refractivity contribution in [2.24, 2.45) is 0 Å². The molecule has 22 heavy (non-hydrogen) atoms. The molecule has 0 saturated carbocycles. The molecular formula is C17H24N2O3. The van der Waals surface area contributed by atoms with Crippen molar-refractivity contribution < 1.29 is 14.3 Å². The number of para-hydroxylation sites is 1. The Labute approximate surface area is 131 Å². The Balaban J connectivity index is 1.62. The van der Waals surface area contributed by atoms with Crippen LogP contribution in [0.4, 0.5) is 0 Å². The van der Waals surface area contributed by atoms with Crippen LogP contribution in [0.15, 0.2) is 24.3 Å². The van der Waals surface area contributed by atoms with Gasteiger partial charge in [-0.2, -0.15) is 0 Å². The predicted octanol–water partition coefficient (Wildman–Crippen LogP) is 1.76. The molecule has 1 aliphatic rings. The van der Waals surface area contributed by atoms with Gasteiger partial charge in [0.15, 0.2) is 6.61 Å². The van der Waals surface area contributed by atoms with E-state index in [1.807, 2.05) is 29.2 Å². The lowest BCUT2D eigenvalue weighted by molar-refractivity contribution is -0.127. The largest absolute Gasteiger partial charge is 0.483 e. The molecule has 1 N–H and O–H groups in total. The number of amides is 2. The zero-order chi connectivity index (χ0) is 15.8. The monoisotopic (exact) mass is 304 g/mol. The van der Waals surface area contributed by atoms with E-state index in [1.165, 1.54) is 0 Å². The molecule has 0 aliphatic carbocycles. The van der Waals surface area contributed by atoms with Gasteiger partial charge >= 0.3 is 0 Å². The molecule has 1 aromatic rings. The summed E-state index contributed by atoms with van der Waals surface area (Å²) in [4.78, 5) is 25.1. The summed E-state index contributed by atoms with van der Waals surface area (Å²) < 4.78 is 5.56. The van der Waals surface area contributed by atoms with Gasteiger partial charge in [-0.15, -0.1) is 0 Å². The molecule has 1 heterocycles. The van der Waals surface area contributed by atoms with Gasteiger partial charge in [-0.25, -0.2) is 0 Å². The van der Waals surface area contributed by atoms with Crippen molar-refractivity contribution in [3.63, 3.8) is 0 Å². The molecule has 1 aliphatic heterocycles. The first-order valence-corrected chi connectivity index (χ1v) is 7.96. The Morgan fingerprint density at radius 2 is 2.18 bits per heavy atom. The summed E-state index contributed by atoms with van der Waals surface area (Å²) in [6.07, 6.45) is 3.28. The van der Waals surface area contributed by atoms with E-state index in [2.05, 4.69) is 12.2 Å². The maximum atomic E-state index is 11.8. The molecule has 1 aromatic carbocycles. The van der Waals surface area contributed by atoms with Crippen molar-refractivity contribution in [3.05, 3.63) is 29.8 Å². The molecule has 0 unspecified atom stereocenters. The van der Waals surface area contributed by atoms with Crippen LogP contribution >= 0.6 is 0 Å². The minimum absolute atomic E-state index is 0.0274. The third kappa shape index (κ3) is 4.76. The number of rotatable bonds is 8. The number of likely N-dealkylation sites (tertiary alicyclic amines) is 1. The molecule has 0 atom stereocenters. The molecule has 1 saturated heterocycles. The minimum Gasteiger partial charge on any atom is -0.483 e. The number of carbonyl (C=O) groups is 2. The van der Waals surface area contributed by atoms with Crippen molar-refractivity contribution in [2.45, 2.75) is 32.6 Å². The lowest BCUT2D eigenvalue weighted by atomic mass is 10.1. The molecule has 0 aromatic heterocycles. The van der Waals surface area contributed by atoms with Crippen LogP contribution in [0.25, 0.3) is 0 Å². The van der Waals surface area contributed by atoms with Crippen LogP contribution in [0.1, 0.15) is 31.7 Å². The molecule has 5 heteroatoms. The van der Waals surface area contributed by atoms with Crippen LogP contribution in [0, 0.1) is 0 Å². The van der Waals surface area contributed by atoms with Gasteiger partial charge in [-0.3, -0.25) is 9.59 Å². The number of carbonyl (C=O) groups excluding carboxylic acids is 2. The van der Waals surface area contributed by atoms with E-state index in [9.17, 15) is 9.59 Å². The fourth-order valence-electron chi connectivity index (χ4n) is 2.57. The standard InChI is InChI=1S/C17H24N2O3/c1-2-14-7-3-4-8-15(14)22-13-16(20)18-10-6-12-19-11-5-9-17(19)21/h3-4,7-8H,2,5-6,9-13H2,1H3,(H,18,20). The van der Waals surface area contributed by atoms with Crippen LogP contribution < -0.4 is 10.1 Å². The van der Waals surface area contributed by atoms with Crippen molar-refractivity contribution in [1.29, 1.82) is 0 Å². The van der Waals surface area contributed by atoms with Crippen LogP contribution in [-0.4, -0.2) is 43.0 Å². The van der Waals surface area contributed by atoms with E-state index in [-0.39, 0.29) is 18.4 Å². The SMILES string of the molecule is CCc1ccccc1OCC(=O)NCCCN1CCCC1=O. The van der Waals surface area contributed by atoms with Gasteiger partial charge < -0.3 is 15.0 Å². The van der Waals surface area contributed by atoms with Crippen molar-refractivity contribution >= 4 is 11.8 Å². The summed E-state index contributed by atoms with van der Waals surface area (Å²) in [6, 6.07) is 7.75. The Morgan fingerprint density at radius 3 is 2.91 bits per heavy atom. The Hall–Kier alpha value is -2.04. The summed E-state index contributed by atoms with van der Waals surface area (Å²) in [6.45, 7) is 4.23. The topological polar surface area (TPSA) is 58.6 Å². The molecule has 2 amide bonds. The highest BCUT2D eigenvalue weighted by molar-refractivity contribution is 5.78. The van der Waals surface area contributed by atoms with Gasteiger partial charge in [0.2, 0.25) is 5.91 Å². The summed E-state index contributed by atoms with van der Waals surface area (Å²) in [5.41, 5.74) is 1.10. The Kier molecular flexibility index (Phi) is 6.25. The third-order valence-electron chi connectivity index (χ3n) is 3.81. The molecule has 1 fully saturated rings. The molecule has 0 spiro atoms. The fourth-order valence-corrected chi connectivity index (χ4v) is 2.57. The highest BCUT2D eigenvalue weighted by atomic mass is 16.5. The molecule has 5 nitrogen and oxygen atoms in total. The molecular weight excluding hydrogens is 280 g/mol. The number of nitrogens with one attached hydrogen (secondary N) is 1. The van der Waals surface area contributed by atoms with Gasteiger partial charge in [-0.05, 0) is 30.9 Å². The first kappa shape index (κ1) is 16.3. The van der Waals surface area contributed by atoms with Crippen LogP contribution in [0.5, 0.6) is 5.75 Å². The van der Waals surface area contributed by atoms with Gasteiger partial charge in [0.1, 0.15) is 5.75 Å². The van der Waals surface area contributed by atoms with E-state index in [1.54, 1.807) is 0 Å². The summed E-state index contributed by atoms with van der Waals surface area (Å²) in [5, 5.41) is 2.83. The van der Waals surface area contributed by atoms with Crippen molar-refractivity contribution in [2.75, 3.05) is 26.2 Å². The number of benzene rings is 1. The van der Waals surface area contributed by atoms with E-state index >= 15 is 0 Å². The number of hydrogen-bond donors (Lipinski definition) is 1. The predicted molar refractivity (Wildman–Crippen MR) is 84.8 cm³/mol. The highest BCUT2D eigenvalue weighted by Gasteiger charge is 2.19. The highest BCUT2D eigenvalue weighted by Crippen LogP contribution is 2.17. The number of ether oxygens (including phenoxy) is 1. The number of hydrogen-bond acceptors (Lipinski definition) is 3. The van der Waals surface area contributed by atoms with Crippen LogP contribution in [0.2, 0.25) is 0 Å². The second-order valence-corrected chi connectivity index (χ2v) is 5.44. The summed E-state index contributed by atoms with van der Waals surface area (Å²) >= 11 is 0. The van der Waals surface area contributed by atoms with Crippen molar-refractivity contribution in [3.8, 4) is 5.75 Å². The molecule has 2 rings (SSSR count).